The topological polar surface area (TPSA) is 88.6 Å². The number of ether oxygens (including phenoxy) is 2. The predicted octanol–water partition coefficient (Wildman–Crippen LogP) is 3.40. The fraction of sp³-hybridized carbons (Fsp3) is 0.458. The normalized spacial score (nSPS) is 19.2. The van der Waals surface area contributed by atoms with Crippen LogP contribution in [0.4, 0.5) is 17.3 Å². The van der Waals surface area contributed by atoms with E-state index in [1.165, 1.54) is 11.3 Å². The van der Waals surface area contributed by atoms with Crippen molar-refractivity contribution in [3.8, 4) is 5.88 Å². The van der Waals surface area contributed by atoms with Crippen molar-refractivity contribution in [2.75, 3.05) is 43.1 Å². The van der Waals surface area contributed by atoms with Gasteiger partial charge in [0.05, 0.1) is 19.8 Å². The van der Waals surface area contributed by atoms with Gasteiger partial charge in [-0.1, -0.05) is 0 Å². The Morgan fingerprint density at radius 2 is 1.97 bits per heavy atom. The summed E-state index contributed by atoms with van der Waals surface area (Å²) in [4.78, 5) is 22.5. The summed E-state index contributed by atoms with van der Waals surface area (Å²) in [7, 11) is 0. The third kappa shape index (κ3) is 4.55. The van der Waals surface area contributed by atoms with E-state index in [-0.39, 0.29) is 11.3 Å². The standard InChI is InChI=1S/C24H29N5O3/c1-17(30)26-21-6-8-24(14-18(21)15-24)16-32-22-7-9-25-23(28-22)27-19-2-4-20(5-3-19)29-10-12-31-13-11-29/h2-5,7,9H,6,8,10-16H2,1H3,(H,26,30)(H,25,27,28). The lowest BCUT2D eigenvalue weighted by Gasteiger charge is -2.48. The van der Waals surface area contributed by atoms with E-state index in [1.54, 1.807) is 19.2 Å². The van der Waals surface area contributed by atoms with Crippen LogP contribution in [0.1, 0.15) is 32.6 Å². The molecule has 0 unspecified atom stereocenters. The smallest absolute Gasteiger partial charge is 0.230 e. The fourth-order valence-corrected chi connectivity index (χ4v) is 4.76. The number of benzene rings is 1. The lowest BCUT2D eigenvalue weighted by atomic mass is 9.59. The van der Waals surface area contributed by atoms with Crippen molar-refractivity contribution in [2.24, 2.45) is 5.41 Å². The molecule has 1 amide bonds. The first-order valence-corrected chi connectivity index (χ1v) is 11.2. The van der Waals surface area contributed by atoms with E-state index in [1.807, 2.05) is 12.1 Å². The van der Waals surface area contributed by atoms with Gasteiger partial charge in [-0.05, 0) is 55.5 Å². The number of hydrogen-bond acceptors (Lipinski definition) is 7. The summed E-state index contributed by atoms with van der Waals surface area (Å²) in [5, 5.41) is 6.24. The van der Waals surface area contributed by atoms with Crippen molar-refractivity contribution in [1.82, 2.24) is 15.3 Å². The Morgan fingerprint density at radius 1 is 1.19 bits per heavy atom. The number of rotatable bonds is 7. The minimum absolute atomic E-state index is 0.0138. The van der Waals surface area contributed by atoms with Gasteiger partial charge >= 0.3 is 0 Å². The second-order valence-electron chi connectivity index (χ2n) is 8.90. The molecule has 32 heavy (non-hydrogen) atoms. The Balaban J connectivity index is 1.16. The van der Waals surface area contributed by atoms with Gasteiger partial charge in [-0.25, -0.2) is 4.98 Å². The molecular formula is C24H29N5O3. The minimum atomic E-state index is 0.0138. The van der Waals surface area contributed by atoms with Crippen LogP contribution in [0.25, 0.3) is 0 Å². The second kappa shape index (κ2) is 8.78. The maximum absolute atomic E-state index is 11.3. The van der Waals surface area contributed by atoms with E-state index in [9.17, 15) is 4.79 Å². The maximum Gasteiger partial charge on any atom is 0.230 e. The first-order chi connectivity index (χ1) is 15.6. The molecule has 2 heterocycles. The highest BCUT2D eigenvalue weighted by Crippen LogP contribution is 2.54. The van der Waals surface area contributed by atoms with Gasteiger partial charge in [0.15, 0.2) is 0 Å². The number of fused-ring (bicyclic) bond motifs is 2. The van der Waals surface area contributed by atoms with Gasteiger partial charge < -0.3 is 25.0 Å². The Kier molecular flexibility index (Phi) is 5.70. The average Bonchev–Trinajstić information content (AvgIpc) is 2.79. The highest BCUT2D eigenvalue weighted by molar-refractivity contribution is 5.75. The minimum Gasteiger partial charge on any atom is -0.477 e. The van der Waals surface area contributed by atoms with Crippen LogP contribution in [0, 0.1) is 5.41 Å². The lowest BCUT2D eigenvalue weighted by molar-refractivity contribution is -0.118. The fourth-order valence-electron chi connectivity index (χ4n) is 4.76. The number of carbonyl (C=O) groups excluding carboxylic acids is 1. The molecule has 8 nitrogen and oxygen atoms in total. The van der Waals surface area contributed by atoms with Crippen LogP contribution in [0.5, 0.6) is 5.88 Å². The molecule has 2 bridgehead atoms. The molecule has 0 radical (unpaired) electrons. The van der Waals surface area contributed by atoms with E-state index in [0.29, 0.717) is 18.4 Å². The van der Waals surface area contributed by atoms with Gasteiger partial charge in [0, 0.05) is 54.8 Å². The second-order valence-corrected chi connectivity index (χ2v) is 8.90. The van der Waals surface area contributed by atoms with Crippen LogP contribution in [-0.4, -0.2) is 48.8 Å². The molecule has 1 saturated heterocycles. The van der Waals surface area contributed by atoms with E-state index in [2.05, 4.69) is 37.6 Å². The molecule has 6 rings (SSSR count). The zero-order valence-electron chi connectivity index (χ0n) is 18.4. The monoisotopic (exact) mass is 435 g/mol. The van der Waals surface area contributed by atoms with E-state index >= 15 is 0 Å². The van der Waals surface area contributed by atoms with Crippen LogP contribution in [0.15, 0.2) is 47.8 Å². The van der Waals surface area contributed by atoms with Crippen LogP contribution in [-0.2, 0) is 9.53 Å². The number of anilines is 3. The molecule has 168 valence electrons. The molecule has 0 atom stereocenters. The largest absolute Gasteiger partial charge is 0.477 e. The molecule has 4 aliphatic rings. The van der Waals surface area contributed by atoms with Crippen LogP contribution < -0.4 is 20.3 Å². The van der Waals surface area contributed by atoms with E-state index in [0.717, 1.165) is 63.4 Å². The molecule has 2 N–H and O–H groups in total. The number of carbonyl (C=O) groups is 1. The van der Waals surface area contributed by atoms with Crippen molar-refractivity contribution < 1.29 is 14.3 Å². The molecule has 1 saturated carbocycles. The van der Waals surface area contributed by atoms with Crippen molar-refractivity contribution in [2.45, 2.75) is 32.6 Å². The van der Waals surface area contributed by atoms with E-state index in [4.69, 9.17) is 9.47 Å². The number of amides is 1. The van der Waals surface area contributed by atoms with Crippen LogP contribution >= 0.6 is 0 Å². The third-order valence-corrected chi connectivity index (χ3v) is 6.49. The Bertz CT molecular complexity index is 1010. The highest BCUT2D eigenvalue weighted by atomic mass is 16.5. The van der Waals surface area contributed by atoms with Gasteiger partial charge in [-0.15, -0.1) is 0 Å². The SMILES string of the molecule is CC(=O)NC1=C2CC(COc3ccnc(Nc4ccc(N5CCOCC5)cc4)n3)(CC1)C2. The summed E-state index contributed by atoms with van der Waals surface area (Å²) in [6.07, 6.45) is 5.64. The number of nitrogens with one attached hydrogen (secondary N) is 2. The van der Waals surface area contributed by atoms with Crippen molar-refractivity contribution >= 4 is 23.2 Å². The number of nitrogens with zero attached hydrogens (tertiary/aromatic N) is 3. The van der Waals surface area contributed by atoms with Crippen molar-refractivity contribution in [3.05, 3.63) is 47.8 Å². The zero-order chi connectivity index (χ0) is 22.0. The van der Waals surface area contributed by atoms with E-state index < -0.39 is 0 Å². The lowest BCUT2D eigenvalue weighted by Crippen LogP contribution is -2.43. The van der Waals surface area contributed by atoms with Gasteiger partial charge in [0.1, 0.15) is 0 Å². The van der Waals surface area contributed by atoms with Gasteiger partial charge in [-0.2, -0.15) is 4.98 Å². The number of hydrogen-bond donors (Lipinski definition) is 2. The third-order valence-electron chi connectivity index (χ3n) is 6.49. The maximum atomic E-state index is 11.3. The van der Waals surface area contributed by atoms with Gasteiger partial charge in [0.25, 0.3) is 0 Å². The summed E-state index contributed by atoms with van der Waals surface area (Å²) >= 11 is 0. The molecule has 0 spiro atoms. The molecule has 1 aromatic carbocycles. The van der Waals surface area contributed by atoms with Crippen LogP contribution in [0.2, 0.25) is 0 Å². The molecule has 2 aromatic rings. The molecule has 1 aromatic heterocycles. The highest BCUT2D eigenvalue weighted by Gasteiger charge is 2.46. The summed E-state index contributed by atoms with van der Waals surface area (Å²) in [6.45, 7) is 5.59. The van der Waals surface area contributed by atoms with Crippen molar-refractivity contribution in [1.29, 1.82) is 0 Å². The van der Waals surface area contributed by atoms with Gasteiger partial charge in [0.2, 0.25) is 17.7 Å². The first-order valence-electron chi connectivity index (χ1n) is 11.2. The molecule has 2 fully saturated rings. The molecule has 1 aliphatic heterocycles. The Hall–Kier alpha value is -3.13. The number of morpholine rings is 1. The Labute approximate surface area is 188 Å². The molecular weight excluding hydrogens is 406 g/mol. The molecule has 3 aliphatic carbocycles. The van der Waals surface area contributed by atoms with Crippen molar-refractivity contribution in [3.63, 3.8) is 0 Å². The van der Waals surface area contributed by atoms with Crippen LogP contribution in [0.3, 0.4) is 0 Å². The number of allylic oxidation sites excluding steroid dienone is 2. The summed E-state index contributed by atoms with van der Waals surface area (Å²) in [5.41, 5.74) is 4.78. The quantitative estimate of drug-likeness (QED) is 0.689. The predicted molar refractivity (Wildman–Crippen MR) is 122 cm³/mol. The summed E-state index contributed by atoms with van der Waals surface area (Å²) in [5.74, 6) is 1.11. The van der Waals surface area contributed by atoms with Gasteiger partial charge in [-0.3, -0.25) is 4.79 Å². The molecule has 8 heteroatoms. The summed E-state index contributed by atoms with van der Waals surface area (Å²) in [6, 6.07) is 10.1. The summed E-state index contributed by atoms with van der Waals surface area (Å²) < 4.78 is 11.5. The zero-order valence-corrected chi connectivity index (χ0v) is 18.4. The Morgan fingerprint density at radius 3 is 2.66 bits per heavy atom. The average molecular weight is 436 g/mol. The first kappa shape index (κ1) is 20.8. The number of aromatic nitrogens is 2.